The summed E-state index contributed by atoms with van der Waals surface area (Å²) in [5.41, 5.74) is 6.04. The SMILES string of the molecule is Cc1ccc2[nH]c([C@H]3CCCN(C(=O)[C@H](C)Cn4ccnc4C)C3)c(-c3ccncc3)c2c1. The zero-order chi connectivity index (χ0) is 22.9. The fraction of sp³-hybridized carbons (Fsp3) is 0.370. The molecule has 2 atom stereocenters. The lowest BCUT2D eigenvalue weighted by atomic mass is 9.89. The van der Waals surface area contributed by atoms with E-state index >= 15 is 0 Å². The quantitative estimate of drug-likeness (QED) is 0.469. The number of amides is 1. The molecule has 3 aromatic heterocycles. The Kier molecular flexibility index (Phi) is 5.75. The Bertz CT molecular complexity index is 1270. The number of likely N-dealkylation sites (tertiary alicyclic amines) is 1. The number of aromatic nitrogens is 4. The number of rotatable bonds is 5. The maximum Gasteiger partial charge on any atom is 0.227 e. The third kappa shape index (κ3) is 4.17. The fourth-order valence-corrected chi connectivity index (χ4v) is 5.16. The van der Waals surface area contributed by atoms with Gasteiger partial charge >= 0.3 is 0 Å². The Morgan fingerprint density at radius 1 is 1.18 bits per heavy atom. The van der Waals surface area contributed by atoms with Gasteiger partial charge in [-0.2, -0.15) is 0 Å². The van der Waals surface area contributed by atoms with E-state index in [1.54, 1.807) is 6.20 Å². The van der Waals surface area contributed by atoms with E-state index in [4.69, 9.17) is 0 Å². The summed E-state index contributed by atoms with van der Waals surface area (Å²) in [7, 11) is 0. The van der Waals surface area contributed by atoms with E-state index < -0.39 is 0 Å². The molecule has 0 saturated carbocycles. The smallest absolute Gasteiger partial charge is 0.227 e. The first-order chi connectivity index (χ1) is 16.0. The third-order valence-corrected chi connectivity index (χ3v) is 6.91. The lowest BCUT2D eigenvalue weighted by molar-refractivity contribution is -0.136. The molecule has 170 valence electrons. The minimum absolute atomic E-state index is 0.0818. The molecule has 33 heavy (non-hydrogen) atoms. The lowest BCUT2D eigenvalue weighted by Crippen LogP contribution is -2.42. The Labute approximate surface area is 194 Å². The monoisotopic (exact) mass is 441 g/mol. The van der Waals surface area contributed by atoms with Gasteiger partial charge in [0.25, 0.3) is 0 Å². The molecule has 4 heterocycles. The molecular weight excluding hydrogens is 410 g/mol. The standard InChI is InChI=1S/C27H31N5O/c1-18-6-7-24-23(15-18)25(21-8-10-28-11-9-21)26(30-24)22-5-4-13-32(17-22)27(33)19(2)16-31-14-12-29-20(31)3/h6-12,14-15,19,22,30H,4-5,13,16-17H2,1-3H3/t19-,22+/m1/s1. The van der Waals surface area contributed by atoms with Crippen LogP contribution in [-0.4, -0.2) is 43.4 Å². The van der Waals surface area contributed by atoms with Gasteiger partial charge in [0.05, 0.1) is 5.92 Å². The van der Waals surface area contributed by atoms with Gasteiger partial charge in [0, 0.05) is 72.5 Å². The van der Waals surface area contributed by atoms with Crippen molar-refractivity contribution >= 4 is 16.8 Å². The third-order valence-electron chi connectivity index (χ3n) is 6.91. The largest absolute Gasteiger partial charge is 0.358 e. The lowest BCUT2D eigenvalue weighted by Gasteiger charge is -2.34. The molecule has 1 aromatic carbocycles. The molecule has 4 aromatic rings. The highest BCUT2D eigenvalue weighted by molar-refractivity contribution is 5.98. The Balaban J connectivity index is 1.44. The molecule has 1 aliphatic heterocycles. The Morgan fingerprint density at radius 3 is 2.76 bits per heavy atom. The van der Waals surface area contributed by atoms with E-state index in [9.17, 15) is 4.79 Å². The summed E-state index contributed by atoms with van der Waals surface area (Å²) in [6.07, 6.45) is 9.53. The van der Waals surface area contributed by atoms with E-state index in [0.29, 0.717) is 6.54 Å². The number of nitrogens with one attached hydrogen (secondary N) is 1. The van der Waals surface area contributed by atoms with Crippen molar-refractivity contribution in [2.75, 3.05) is 13.1 Å². The number of carbonyl (C=O) groups is 1. The highest BCUT2D eigenvalue weighted by Crippen LogP contribution is 2.39. The molecule has 1 aliphatic rings. The minimum Gasteiger partial charge on any atom is -0.358 e. The first-order valence-corrected chi connectivity index (χ1v) is 11.8. The topological polar surface area (TPSA) is 66.8 Å². The van der Waals surface area contributed by atoms with E-state index in [-0.39, 0.29) is 17.7 Å². The van der Waals surface area contributed by atoms with Gasteiger partial charge in [-0.25, -0.2) is 4.98 Å². The molecule has 6 heteroatoms. The maximum absolute atomic E-state index is 13.4. The molecule has 0 bridgehead atoms. The van der Waals surface area contributed by atoms with Crippen LogP contribution in [0.25, 0.3) is 22.0 Å². The summed E-state index contributed by atoms with van der Waals surface area (Å²) in [4.78, 5) is 27.7. The number of imidazole rings is 1. The van der Waals surface area contributed by atoms with Crippen LogP contribution in [0.15, 0.2) is 55.1 Å². The number of aryl methyl sites for hydroxylation is 2. The number of fused-ring (bicyclic) bond motifs is 1. The van der Waals surface area contributed by atoms with Crippen LogP contribution in [-0.2, 0) is 11.3 Å². The van der Waals surface area contributed by atoms with Crippen LogP contribution in [0, 0.1) is 19.8 Å². The second-order valence-electron chi connectivity index (χ2n) is 9.35. The summed E-state index contributed by atoms with van der Waals surface area (Å²) in [5, 5.41) is 1.24. The second kappa shape index (κ2) is 8.85. The summed E-state index contributed by atoms with van der Waals surface area (Å²) in [5.74, 6) is 1.37. The summed E-state index contributed by atoms with van der Waals surface area (Å²) in [6, 6.07) is 10.7. The summed E-state index contributed by atoms with van der Waals surface area (Å²) < 4.78 is 2.06. The molecule has 0 spiro atoms. The summed E-state index contributed by atoms with van der Waals surface area (Å²) in [6.45, 7) is 8.38. The van der Waals surface area contributed by atoms with Gasteiger partial charge < -0.3 is 14.5 Å². The molecule has 1 saturated heterocycles. The van der Waals surface area contributed by atoms with Gasteiger partial charge in [-0.3, -0.25) is 9.78 Å². The van der Waals surface area contributed by atoms with Crippen LogP contribution >= 0.6 is 0 Å². The van der Waals surface area contributed by atoms with Crippen molar-refractivity contribution in [3.8, 4) is 11.1 Å². The Morgan fingerprint density at radius 2 is 2.00 bits per heavy atom. The average Bonchev–Trinajstić information content (AvgIpc) is 3.42. The highest BCUT2D eigenvalue weighted by Gasteiger charge is 2.30. The number of nitrogens with zero attached hydrogens (tertiary/aromatic N) is 4. The van der Waals surface area contributed by atoms with Crippen molar-refractivity contribution in [3.63, 3.8) is 0 Å². The second-order valence-corrected chi connectivity index (χ2v) is 9.35. The number of pyridine rings is 1. The van der Waals surface area contributed by atoms with E-state index in [1.165, 1.54) is 27.8 Å². The molecule has 5 rings (SSSR count). The van der Waals surface area contributed by atoms with Gasteiger partial charge in [0.15, 0.2) is 0 Å². The zero-order valence-corrected chi connectivity index (χ0v) is 19.6. The molecule has 1 N–H and O–H groups in total. The van der Waals surface area contributed by atoms with Crippen molar-refractivity contribution in [3.05, 3.63) is 72.2 Å². The highest BCUT2D eigenvalue weighted by atomic mass is 16.2. The molecule has 0 radical (unpaired) electrons. The van der Waals surface area contributed by atoms with E-state index in [0.717, 1.165) is 37.3 Å². The van der Waals surface area contributed by atoms with Crippen LogP contribution in [0.2, 0.25) is 0 Å². The molecule has 1 fully saturated rings. The van der Waals surface area contributed by atoms with Gasteiger partial charge in [0.2, 0.25) is 5.91 Å². The number of hydrogen-bond donors (Lipinski definition) is 1. The van der Waals surface area contributed by atoms with E-state index in [2.05, 4.69) is 61.7 Å². The normalized spacial score (nSPS) is 17.4. The van der Waals surface area contributed by atoms with Crippen LogP contribution in [0.4, 0.5) is 0 Å². The molecular formula is C27H31N5O. The number of benzene rings is 1. The van der Waals surface area contributed by atoms with Gasteiger partial charge in [-0.1, -0.05) is 18.6 Å². The number of carbonyl (C=O) groups excluding carboxylic acids is 1. The first kappa shape index (κ1) is 21.4. The summed E-state index contributed by atoms with van der Waals surface area (Å²) >= 11 is 0. The maximum atomic E-state index is 13.4. The van der Waals surface area contributed by atoms with Crippen molar-refractivity contribution in [2.45, 2.75) is 46.1 Å². The zero-order valence-electron chi connectivity index (χ0n) is 19.6. The molecule has 0 aliphatic carbocycles. The Hall–Kier alpha value is -3.41. The van der Waals surface area contributed by atoms with Crippen LogP contribution in [0.3, 0.4) is 0 Å². The minimum atomic E-state index is -0.0818. The predicted molar refractivity (Wildman–Crippen MR) is 131 cm³/mol. The number of piperidine rings is 1. The first-order valence-electron chi connectivity index (χ1n) is 11.8. The van der Waals surface area contributed by atoms with Crippen LogP contribution < -0.4 is 0 Å². The van der Waals surface area contributed by atoms with Crippen molar-refractivity contribution < 1.29 is 4.79 Å². The van der Waals surface area contributed by atoms with Crippen LogP contribution in [0.1, 0.15) is 42.8 Å². The fourth-order valence-electron chi connectivity index (χ4n) is 5.16. The molecule has 6 nitrogen and oxygen atoms in total. The predicted octanol–water partition coefficient (Wildman–Crippen LogP) is 5.09. The molecule has 1 amide bonds. The average molecular weight is 442 g/mol. The number of aromatic amines is 1. The number of hydrogen-bond acceptors (Lipinski definition) is 3. The number of H-pyrrole nitrogens is 1. The van der Waals surface area contributed by atoms with Crippen molar-refractivity contribution in [2.24, 2.45) is 5.92 Å². The van der Waals surface area contributed by atoms with E-state index in [1.807, 2.05) is 32.4 Å². The van der Waals surface area contributed by atoms with Gasteiger partial charge in [-0.05, 0) is 56.5 Å². The van der Waals surface area contributed by atoms with Crippen LogP contribution in [0.5, 0.6) is 0 Å². The van der Waals surface area contributed by atoms with Crippen molar-refractivity contribution in [1.29, 1.82) is 0 Å². The van der Waals surface area contributed by atoms with Gasteiger partial charge in [0.1, 0.15) is 5.82 Å². The molecule has 0 unspecified atom stereocenters. The van der Waals surface area contributed by atoms with Gasteiger partial charge in [-0.15, -0.1) is 0 Å². The van der Waals surface area contributed by atoms with Crippen molar-refractivity contribution in [1.82, 2.24) is 24.4 Å².